The average Bonchev–Trinajstić information content (AvgIpc) is 3.26. The van der Waals surface area contributed by atoms with Crippen molar-refractivity contribution in [1.82, 2.24) is 4.90 Å². The minimum atomic E-state index is 0.267. The molecule has 110 valence electrons. The first kappa shape index (κ1) is 13.8. The highest BCUT2D eigenvalue weighted by Crippen LogP contribution is 2.48. The molecule has 0 radical (unpaired) electrons. The van der Waals surface area contributed by atoms with Crippen LogP contribution in [0.3, 0.4) is 0 Å². The van der Waals surface area contributed by atoms with E-state index in [9.17, 15) is 0 Å². The highest BCUT2D eigenvalue weighted by atomic mass is 16.5. The maximum Gasteiger partial charge on any atom is 0.0675 e. The van der Waals surface area contributed by atoms with Gasteiger partial charge in [-0.05, 0) is 51.4 Å². The third-order valence-electron chi connectivity index (χ3n) is 5.74. The van der Waals surface area contributed by atoms with Crippen molar-refractivity contribution in [3.05, 3.63) is 0 Å². The van der Waals surface area contributed by atoms with Gasteiger partial charge in [-0.3, -0.25) is 4.90 Å². The Morgan fingerprint density at radius 1 is 1.21 bits per heavy atom. The van der Waals surface area contributed by atoms with Gasteiger partial charge in [0.05, 0.1) is 12.7 Å². The maximum atomic E-state index is 6.28. The van der Waals surface area contributed by atoms with Gasteiger partial charge in [-0.2, -0.15) is 0 Å². The summed E-state index contributed by atoms with van der Waals surface area (Å²) in [7, 11) is 0. The van der Waals surface area contributed by atoms with E-state index in [1.807, 2.05) is 0 Å². The standard InChI is InChI=1S/C16H30N2O/c1-12-10-19-13(2)9-18(12)16(11-17)7-3-4-15(8-16)14-5-6-14/h12-15H,3-11,17H2,1-2H3. The molecule has 2 aliphatic carbocycles. The van der Waals surface area contributed by atoms with Crippen molar-refractivity contribution in [3.8, 4) is 0 Å². The topological polar surface area (TPSA) is 38.5 Å². The number of rotatable bonds is 3. The highest BCUT2D eigenvalue weighted by molar-refractivity contribution is 5.02. The number of hydrogen-bond donors (Lipinski definition) is 1. The molecule has 0 aromatic carbocycles. The Hall–Kier alpha value is -0.120. The number of nitrogens with zero attached hydrogens (tertiary/aromatic N) is 1. The Kier molecular flexibility index (Phi) is 3.89. The van der Waals surface area contributed by atoms with E-state index in [-0.39, 0.29) is 5.54 Å². The second kappa shape index (κ2) is 5.34. The van der Waals surface area contributed by atoms with E-state index < -0.39 is 0 Å². The van der Waals surface area contributed by atoms with E-state index in [1.54, 1.807) is 0 Å². The third kappa shape index (κ3) is 2.70. The Labute approximate surface area is 117 Å². The summed E-state index contributed by atoms with van der Waals surface area (Å²) in [6.07, 6.45) is 8.76. The van der Waals surface area contributed by atoms with Crippen LogP contribution >= 0.6 is 0 Å². The van der Waals surface area contributed by atoms with Gasteiger partial charge in [0.2, 0.25) is 0 Å². The largest absolute Gasteiger partial charge is 0.376 e. The molecule has 19 heavy (non-hydrogen) atoms. The molecule has 3 fully saturated rings. The predicted octanol–water partition coefficient (Wildman–Crippen LogP) is 2.39. The number of ether oxygens (including phenoxy) is 1. The smallest absolute Gasteiger partial charge is 0.0675 e. The van der Waals surface area contributed by atoms with Crippen molar-refractivity contribution in [3.63, 3.8) is 0 Å². The van der Waals surface area contributed by atoms with Gasteiger partial charge in [0.1, 0.15) is 0 Å². The van der Waals surface area contributed by atoms with Gasteiger partial charge in [-0.25, -0.2) is 0 Å². The van der Waals surface area contributed by atoms with Crippen LogP contribution in [-0.2, 0) is 4.74 Å². The summed E-state index contributed by atoms with van der Waals surface area (Å²) in [5.74, 6) is 1.97. The Bertz CT molecular complexity index is 318. The molecule has 3 heteroatoms. The molecule has 3 rings (SSSR count). The molecule has 1 heterocycles. The molecule has 4 atom stereocenters. The van der Waals surface area contributed by atoms with Crippen LogP contribution in [0.1, 0.15) is 52.4 Å². The predicted molar refractivity (Wildman–Crippen MR) is 78.0 cm³/mol. The van der Waals surface area contributed by atoms with Crippen molar-refractivity contribution in [2.75, 3.05) is 19.7 Å². The van der Waals surface area contributed by atoms with E-state index in [2.05, 4.69) is 18.7 Å². The van der Waals surface area contributed by atoms with E-state index in [1.165, 1.54) is 38.5 Å². The monoisotopic (exact) mass is 266 g/mol. The van der Waals surface area contributed by atoms with Crippen LogP contribution in [0, 0.1) is 11.8 Å². The fourth-order valence-corrected chi connectivity index (χ4v) is 4.48. The zero-order valence-corrected chi connectivity index (χ0v) is 12.6. The Morgan fingerprint density at radius 3 is 2.68 bits per heavy atom. The quantitative estimate of drug-likeness (QED) is 0.852. The molecule has 3 nitrogen and oxygen atoms in total. The van der Waals surface area contributed by atoms with Crippen LogP contribution in [0.4, 0.5) is 0 Å². The maximum absolute atomic E-state index is 6.28. The molecule has 2 N–H and O–H groups in total. The molecular weight excluding hydrogens is 236 g/mol. The first-order chi connectivity index (χ1) is 9.14. The normalized spacial score (nSPS) is 45.3. The van der Waals surface area contributed by atoms with Crippen molar-refractivity contribution in [2.24, 2.45) is 17.6 Å². The molecule has 3 aliphatic rings. The Morgan fingerprint density at radius 2 is 2.00 bits per heavy atom. The molecule has 1 saturated heterocycles. The number of hydrogen-bond acceptors (Lipinski definition) is 3. The minimum absolute atomic E-state index is 0.267. The van der Waals surface area contributed by atoms with Gasteiger partial charge in [0, 0.05) is 24.7 Å². The third-order valence-corrected chi connectivity index (χ3v) is 5.74. The van der Waals surface area contributed by atoms with Crippen LogP contribution in [0.5, 0.6) is 0 Å². The molecule has 4 unspecified atom stereocenters. The van der Waals surface area contributed by atoms with Gasteiger partial charge < -0.3 is 10.5 Å². The average molecular weight is 266 g/mol. The lowest BCUT2D eigenvalue weighted by Gasteiger charge is -2.53. The second-order valence-electron chi connectivity index (χ2n) is 7.27. The van der Waals surface area contributed by atoms with Gasteiger partial charge in [-0.1, -0.05) is 12.8 Å². The number of nitrogens with two attached hydrogens (primary N) is 1. The summed E-state index contributed by atoms with van der Waals surface area (Å²) in [5, 5.41) is 0. The second-order valence-corrected chi connectivity index (χ2v) is 7.27. The fraction of sp³-hybridized carbons (Fsp3) is 1.00. The zero-order valence-electron chi connectivity index (χ0n) is 12.6. The first-order valence-electron chi connectivity index (χ1n) is 8.23. The van der Waals surface area contributed by atoms with Gasteiger partial charge in [0.15, 0.2) is 0 Å². The van der Waals surface area contributed by atoms with E-state index >= 15 is 0 Å². The molecular formula is C16H30N2O. The minimum Gasteiger partial charge on any atom is -0.376 e. The molecule has 0 aromatic heterocycles. The molecule has 0 spiro atoms. The van der Waals surface area contributed by atoms with Crippen molar-refractivity contribution < 1.29 is 4.74 Å². The van der Waals surface area contributed by atoms with E-state index in [0.717, 1.165) is 31.5 Å². The summed E-state index contributed by atoms with van der Waals surface area (Å²) in [4.78, 5) is 2.70. The van der Waals surface area contributed by atoms with Gasteiger partial charge in [0.25, 0.3) is 0 Å². The van der Waals surface area contributed by atoms with Gasteiger partial charge in [-0.15, -0.1) is 0 Å². The lowest BCUT2D eigenvalue weighted by Crippen LogP contribution is -2.63. The summed E-state index contributed by atoms with van der Waals surface area (Å²) >= 11 is 0. The molecule has 0 aromatic rings. The molecule has 2 saturated carbocycles. The van der Waals surface area contributed by atoms with Crippen LogP contribution in [-0.4, -0.2) is 42.3 Å². The lowest BCUT2D eigenvalue weighted by atomic mass is 9.72. The SMILES string of the molecule is CC1CN(C2(CN)CCCC(C3CC3)C2)C(C)CO1. The summed E-state index contributed by atoms with van der Waals surface area (Å²) in [5.41, 5.74) is 6.54. The molecule has 1 aliphatic heterocycles. The summed E-state index contributed by atoms with van der Waals surface area (Å²) < 4.78 is 5.80. The molecule has 0 bridgehead atoms. The Balaban J connectivity index is 1.76. The first-order valence-corrected chi connectivity index (χ1v) is 8.23. The fourth-order valence-electron chi connectivity index (χ4n) is 4.48. The van der Waals surface area contributed by atoms with Crippen molar-refractivity contribution in [2.45, 2.75) is 70.1 Å². The van der Waals surface area contributed by atoms with E-state index in [0.29, 0.717) is 12.1 Å². The highest BCUT2D eigenvalue weighted by Gasteiger charge is 2.46. The summed E-state index contributed by atoms with van der Waals surface area (Å²) in [6.45, 7) is 7.27. The molecule has 0 amide bonds. The number of morpholine rings is 1. The zero-order chi connectivity index (χ0) is 13.5. The van der Waals surface area contributed by atoms with E-state index in [4.69, 9.17) is 10.5 Å². The van der Waals surface area contributed by atoms with Gasteiger partial charge >= 0.3 is 0 Å². The van der Waals surface area contributed by atoms with Crippen LogP contribution < -0.4 is 5.73 Å². The van der Waals surface area contributed by atoms with Crippen LogP contribution in [0.15, 0.2) is 0 Å². The van der Waals surface area contributed by atoms with Crippen LogP contribution in [0.25, 0.3) is 0 Å². The summed E-state index contributed by atoms with van der Waals surface area (Å²) in [6, 6.07) is 0.526. The van der Waals surface area contributed by atoms with Crippen molar-refractivity contribution >= 4 is 0 Å². The van der Waals surface area contributed by atoms with Crippen LogP contribution in [0.2, 0.25) is 0 Å². The van der Waals surface area contributed by atoms with Crippen molar-refractivity contribution in [1.29, 1.82) is 0 Å². The lowest BCUT2D eigenvalue weighted by molar-refractivity contribution is -0.107.